The summed E-state index contributed by atoms with van der Waals surface area (Å²) in [5.74, 6) is -0.0968. The van der Waals surface area contributed by atoms with Crippen LogP contribution >= 0.6 is 11.6 Å². The molecule has 1 aliphatic heterocycles. The Morgan fingerprint density at radius 2 is 1.59 bits per heavy atom. The highest BCUT2D eigenvalue weighted by Gasteiger charge is 2.24. The molecule has 0 atom stereocenters. The Labute approximate surface area is 164 Å². The van der Waals surface area contributed by atoms with Crippen molar-refractivity contribution in [1.82, 2.24) is 4.90 Å². The second kappa shape index (κ2) is 9.02. The lowest BCUT2D eigenvalue weighted by molar-refractivity contribution is 0.100. The second-order valence-corrected chi connectivity index (χ2v) is 7.15. The van der Waals surface area contributed by atoms with Gasteiger partial charge in [0.25, 0.3) is 0 Å². The van der Waals surface area contributed by atoms with Gasteiger partial charge in [0.2, 0.25) is 0 Å². The van der Waals surface area contributed by atoms with Crippen molar-refractivity contribution in [2.24, 2.45) is 5.73 Å². The van der Waals surface area contributed by atoms with Crippen LogP contribution in [0.25, 0.3) is 0 Å². The SMILES string of the molecule is NCC(=O)c1ccc(CN(C(=O)N2CCCCC2)c2ccc(Cl)cc2)cc1. The third-order valence-electron chi connectivity index (χ3n) is 4.80. The van der Waals surface area contributed by atoms with Crippen LogP contribution in [-0.4, -0.2) is 36.3 Å². The third kappa shape index (κ3) is 4.87. The van der Waals surface area contributed by atoms with E-state index in [4.69, 9.17) is 17.3 Å². The number of amides is 2. The lowest BCUT2D eigenvalue weighted by atomic mass is 10.1. The summed E-state index contributed by atoms with van der Waals surface area (Å²) < 4.78 is 0. The average Bonchev–Trinajstić information content (AvgIpc) is 2.73. The molecule has 1 saturated heterocycles. The molecular weight excluding hydrogens is 362 g/mol. The van der Waals surface area contributed by atoms with E-state index in [0.717, 1.165) is 37.2 Å². The maximum atomic E-state index is 13.2. The number of nitrogens with two attached hydrogens (primary N) is 1. The van der Waals surface area contributed by atoms with Gasteiger partial charge in [0.05, 0.1) is 13.1 Å². The van der Waals surface area contributed by atoms with Gasteiger partial charge >= 0.3 is 6.03 Å². The number of ketones is 1. The number of benzene rings is 2. The van der Waals surface area contributed by atoms with Crippen molar-refractivity contribution in [3.8, 4) is 0 Å². The van der Waals surface area contributed by atoms with E-state index in [1.54, 1.807) is 29.2 Å². The molecular formula is C21H24ClN3O2. The molecule has 2 aromatic carbocycles. The number of hydrogen-bond acceptors (Lipinski definition) is 3. The van der Waals surface area contributed by atoms with E-state index in [-0.39, 0.29) is 18.4 Å². The zero-order valence-electron chi connectivity index (χ0n) is 15.2. The van der Waals surface area contributed by atoms with Crippen LogP contribution in [0.3, 0.4) is 0 Å². The summed E-state index contributed by atoms with van der Waals surface area (Å²) in [5, 5.41) is 0.633. The second-order valence-electron chi connectivity index (χ2n) is 6.72. The van der Waals surface area contributed by atoms with Gasteiger partial charge in [-0.2, -0.15) is 0 Å². The fourth-order valence-electron chi connectivity index (χ4n) is 3.24. The molecule has 1 heterocycles. The first kappa shape index (κ1) is 19.4. The number of carbonyl (C=O) groups is 2. The van der Waals surface area contributed by atoms with Crippen molar-refractivity contribution in [3.05, 3.63) is 64.7 Å². The molecule has 0 bridgehead atoms. The summed E-state index contributed by atoms with van der Waals surface area (Å²) >= 11 is 6.01. The number of hydrogen-bond donors (Lipinski definition) is 1. The highest BCUT2D eigenvalue weighted by Crippen LogP contribution is 2.23. The Bertz CT molecular complexity index is 784. The molecule has 6 heteroatoms. The summed E-state index contributed by atoms with van der Waals surface area (Å²) in [6, 6.07) is 14.6. The van der Waals surface area contributed by atoms with E-state index in [0.29, 0.717) is 17.1 Å². The van der Waals surface area contributed by atoms with Crippen LogP contribution < -0.4 is 10.6 Å². The number of rotatable bonds is 5. The summed E-state index contributed by atoms with van der Waals surface area (Å²) in [6.45, 7) is 1.98. The quantitative estimate of drug-likeness (QED) is 0.788. The minimum absolute atomic E-state index is 0.000802. The Kier molecular flexibility index (Phi) is 6.48. The van der Waals surface area contributed by atoms with Crippen LogP contribution in [0.5, 0.6) is 0 Å². The lowest BCUT2D eigenvalue weighted by Crippen LogP contribution is -2.45. The Balaban J connectivity index is 1.83. The first-order chi connectivity index (χ1) is 13.1. The molecule has 1 fully saturated rings. The number of carbonyl (C=O) groups excluding carboxylic acids is 2. The molecule has 3 rings (SSSR count). The highest BCUT2D eigenvalue weighted by molar-refractivity contribution is 6.30. The van der Waals surface area contributed by atoms with Gasteiger partial charge in [0, 0.05) is 29.4 Å². The number of anilines is 1. The molecule has 2 aromatic rings. The van der Waals surface area contributed by atoms with Gasteiger partial charge in [-0.05, 0) is 49.1 Å². The van der Waals surface area contributed by atoms with Gasteiger partial charge in [-0.1, -0.05) is 35.9 Å². The van der Waals surface area contributed by atoms with E-state index in [1.165, 1.54) is 6.42 Å². The van der Waals surface area contributed by atoms with Gasteiger partial charge in [-0.25, -0.2) is 4.79 Å². The normalized spacial score (nSPS) is 14.1. The predicted octanol–water partition coefficient (Wildman–Crippen LogP) is 4.09. The minimum atomic E-state index is -0.0968. The largest absolute Gasteiger partial charge is 0.324 e. The molecule has 2 amide bonds. The van der Waals surface area contributed by atoms with E-state index in [9.17, 15) is 9.59 Å². The van der Waals surface area contributed by atoms with Crippen LogP contribution in [0, 0.1) is 0 Å². The summed E-state index contributed by atoms with van der Waals surface area (Å²) in [7, 11) is 0. The van der Waals surface area contributed by atoms with Crippen LogP contribution in [0.4, 0.5) is 10.5 Å². The highest BCUT2D eigenvalue weighted by atomic mass is 35.5. The zero-order chi connectivity index (χ0) is 19.2. The van der Waals surface area contributed by atoms with Gasteiger partial charge in [0.1, 0.15) is 0 Å². The van der Waals surface area contributed by atoms with E-state index in [1.807, 2.05) is 29.2 Å². The number of urea groups is 1. The first-order valence-electron chi connectivity index (χ1n) is 9.22. The Morgan fingerprint density at radius 3 is 2.19 bits per heavy atom. The van der Waals surface area contributed by atoms with Gasteiger partial charge in [-0.3, -0.25) is 9.69 Å². The molecule has 0 radical (unpaired) electrons. The van der Waals surface area contributed by atoms with Crippen LogP contribution in [0.15, 0.2) is 48.5 Å². The van der Waals surface area contributed by atoms with Crippen LogP contribution in [0.2, 0.25) is 5.02 Å². The van der Waals surface area contributed by atoms with Crippen molar-refractivity contribution < 1.29 is 9.59 Å². The Hall–Kier alpha value is -2.37. The maximum Gasteiger partial charge on any atom is 0.324 e. The van der Waals surface area contributed by atoms with Crippen LogP contribution in [0.1, 0.15) is 35.2 Å². The van der Waals surface area contributed by atoms with Gasteiger partial charge in [-0.15, -0.1) is 0 Å². The molecule has 1 aliphatic rings. The monoisotopic (exact) mass is 385 g/mol. The fourth-order valence-corrected chi connectivity index (χ4v) is 3.37. The molecule has 0 aliphatic carbocycles. The number of nitrogens with zero attached hydrogens (tertiary/aromatic N) is 2. The lowest BCUT2D eigenvalue weighted by Gasteiger charge is -2.33. The number of Topliss-reactive ketones (excluding diaryl/α,β-unsaturated/α-hetero) is 1. The summed E-state index contributed by atoms with van der Waals surface area (Å²) in [4.78, 5) is 28.5. The molecule has 0 unspecified atom stereocenters. The molecule has 2 N–H and O–H groups in total. The standard InChI is InChI=1S/C21H24ClN3O2/c22-18-8-10-19(11-9-18)25(21(27)24-12-2-1-3-13-24)15-16-4-6-17(7-5-16)20(26)14-23/h4-11H,1-3,12-15,23H2. The first-order valence-corrected chi connectivity index (χ1v) is 9.60. The third-order valence-corrected chi connectivity index (χ3v) is 5.05. The van der Waals surface area contributed by atoms with Crippen molar-refractivity contribution in [1.29, 1.82) is 0 Å². The van der Waals surface area contributed by atoms with Crippen molar-refractivity contribution in [2.45, 2.75) is 25.8 Å². The molecule has 142 valence electrons. The predicted molar refractivity (Wildman–Crippen MR) is 108 cm³/mol. The molecule has 0 saturated carbocycles. The molecule has 5 nitrogen and oxygen atoms in total. The van der Waals surface area contributed by atoms with Crippen LogP contribution in [-0.2, 0) is 6.54 Å². The number of halogens is 1. The summed E-state index contributed by atoms with van der Waals surface area (Å²) in [5.41, 5.74) is 7.75. The number of likely N-dealkylation sites (tertiary alicyclic amines) is 1. The molecule has 27 heavy (non-hydrogen) atoms. The van der Waals surface area contributed by atoms with Crippen molar-refractivity contribution in [2.75, 3.05) is 24.5 Å². The van der Waals surface area contributed by atoms with Crippen molar-refractivity contribution in [3.63, 3.8) is 0 Å². The van der Waals surface area contributed by atoms with Crippen molar-refractivity contribution >= 4 is 29.1 Å². The zero-order valence-corrected chi connectivity index (χ0v) is 16.0. The average molecular weight is 386 g/mol. The molecule has 0 aromatic heterocycles. The molecule has 0 spiro atoms. The topological polar surface area (TPSA) is 66.6 Å². The smallest absolute Gasteiger partial charge is 0.324 e. The minimum Gasteiger partial charge on any atom is -0.324 e. The number of piperidine rings is 1. The fraction of sp³-hybridized carbons (Fsp3) is 0.333. The van der Waals surface area contributed by atoms with E-state index in [2.05, 4.69) is 0 Å². The van der Waals surface area contributed by atoms with E-state index >= 15 is 0 Å². The van der Waals surface area contributed by atoms with E-state index < -0.39 is 0 Å². The summed E-state index contributed by atoms with van der Waals surface area (Å²) in [6.07, 6.45) is 3.24. The van der Waals surface area contributed by atoms with Gasteiger partial charge < -0.3 is 10.6 Å². The van der Waals surface area contributed by atoms with Gasteiger partial charge in [0.15, 0.2) is 5.78 Å². The Morgan fingerprint density at radius 1 is 0.963 bits per heavy atom. The maximum absolute atomic E-state index is 13.2.